The minimum Gasteiger partial charge on any atom is -0.256 e. The van der Waals surface area contributed by atoms with E-state index in [9.17, 15) is 0 Å². The molecule has 0 aliphatic rings. The highest BCUT2D eigenvalue weighted by atomic mass is 15.0. The molecule has 0 saturated carbocycles. The molecule has 0 unspecified atom stereocenters. The predicted octanol–water partition coefficient (Wildman–Crippen LogP) is 14.3. The van der Waals surface area contributed by atoms with Crippen molar-refractivity contribution < 1.29 is 0 Å². The topological polar surface area (TPSA) is 77.3 Å². The smallest absolute Gasteiger partial charge is 0.164 e. The summed E-state index contributed by atoms with van der Waals surface area (Å²) < 4.78 is 0. The van der Waals surface area contributed by atoms with Gasteiger partial charge in [-0.2, -0.15) is 0 Å². The summed E-state index contributed by atoms with van der Waals surface area (Å²) in [4.78, 5) is 30.6. The predicted molar refractivity (Wildman–Crippen MR) is 261 cm³/mol. The van der Waals surface area contributed by atoms with Gasteiger partial charge in [-0.05, 0) is 57.8 Å². The van der Waals surface area contributed by atoms with Gasteiger partial charge in [-0.25, -0.2) is 24.9 Å². The van der Waals surface area contributed by atoms with E-state index in [2.05, 4.69) is 170 Å². The Bertz CT molecular complexity index is 3710. The molecular weight excluding hydrogens is 781 g/mol. The summed E-state index contributed by atoms with van der Waals surface area (Å²) in [7, 11) is 0. The first-order valence-corrected chi connectivity index (χ1v) is 21.3. The maximum atomic E-state index is 5.40. The average molecular weight is 817 g/mol. The van der Waals surface area contributed by atoms with E-state index in [-0.39, 0.29) is 0 Å². The van der Waals surface area contributed by atoms with Crippen LogP contribution in [0.15, 0.2) is 219 Å². The zero-order valence-corrected chi connectivity index (χ0v) is 34.5. The molecule has 4 aromatic heterocycles. The molecule has 0 saturated heterocycles. The standard InChI is InChI=1S/C58H36N6/c1-3-13-38(14-4-1)50-36-52(61-55-49(50)31-29-41-30-32-51(60-54(41)55)46-28-23-37-12-7-8-17-44(37)34-46)39-24-26-43(27-25-39)57-62-56(42-15-5-2-6-16-42)63-58(64-57)47-20-9-19-45(35-47)48-22-10-18-40-21-11-33-59-53(40)48/h1-36H. The van der Waals surface area contributed by atoms with E-state index in [1.165, 1.54) is 10.8 Å². The molecule has 6 heteroatoms. The van der Waals surface area contributed by atoms with E-state index in [1.807, 2.05) is 48.7 Å². The second-order valence-corrected chi connectivity index (χ2v) is 15.9. The van der Waals surface area contributed by atoms with Gasteiger partial charge < -0.3 is 0 Å². The zero-order chi connectivity index (χ0) is 42.4. The van der Waals surface area contributed by atoms with Crippen LogP contribution in [0.4, 0.5) is 0 Å². The monoisotopic (exact) mass is 816 g/mol. The van der Waals surface area contributed by atoms with Gasteiger partial charge in [-0.15, -0.1) is 0 Å². The van der Waals surface area contributed by atoms with E-state index in [0.717, 1.165) is 94.2 Å². The van der Waals surface area contributed by atoms with Crippen LogP contribution in [-0.2, 0) is 0 Å². The van der Waals surface area contributed by atoms with Gasteiger partial charge in [0.05, 0.1) is 27.9 Å². The summed E-state index contributed by atoms with van der Waals surface area (Å²) >= 11 is 0. The second kappa shape index (κ2) is 15.6. The van der Waals surface area contributed by atoms with Crippen LogP contribution in [0.2, 0.25) is 0 Å². The van der Waals surface area contributed by atoms with E-state index < -0.39 is 0 Å². The molecule has 0 aliphatic heterocycles. The summed E-state index contributed by atoms with van der Waals surface area (Å²) in [6, 6.07) is 73.4. The second-order valence-electron chi connectivity index (χ2n) is 15.9. The highest BCUT2D eigenvalue weighted by Crippen LogP contribution is 2.37. The number of fused-ring (bicyclic) bond motifs is 5. The van der Waals surface area contributed by atoms with Crippen LogP contribution in [0.5, 0.6) is 0 Å². The Balaban J connectivity index is 0.971. The van der Waals surface area contributed by atoms with Gasteiger partial charge in [-0.3, -0.25) is 4.98 Å². The number of pyridine rings is 3. The minimum absolute atomic E-state index is 0.584. The Morgan fingerprint density at radius 1 is 0.250 bits per heavy atom. The number of benzene rings is 8. The largest absolute Gasteiger partial charge is 0.256 e. The van der Waals surface area contributed by atoms with Gasteiger partial charge in [0.25, 0.3) is 0 Å². The van der Waals surface area contributed by atoms with Crippen LogP contribution in [-0.4, -0.2) is 29.9 Å². The van der Waals surface area contributed by atoms with E-state index in [4.69, 9.17) is 29.9 Å². The number of hydrogen-bond acceptors (Lipinski definition) is 6. The van der Waals surface area contributed by atoms with Crippen LogP contribution in [0.3, 0.4) is 0 Å². The molecule has 4 heterocycles. The maximum absolute atomic E-state index is 5.40. The highest BCUT2D eigenvalue weighted by molar-refractivity contribution is 6.10. The van der Waals surface area contributed by atoms with Gasteiger partial charge in [-0.1, -0.05) is 182 Å². The van der Waals surface area contributed by atoms with Crippen molar-refractivity contribution in [1.29, 1.82) is 0 Å². The Labute approximate surface area is 369 Å². The van der Waals surface area contributed by atoms with Crippen molar-refractivity contribution >= 4 is 43.5 Å². The number of aromatic nitrogens is 6. The van der Waals surface area contributed by atoms with Crippen molar-refractivity contribution in [1.82, 2.24) is 29.9 Å². The van der Waals surface area contributed by atoms with Crippen molar-refractivity contribution in [3.05, 3.63) is 219 Å². The quantitative estimate of drug-likeness (QED) is 0.149. The van der Waals surface area contributed by atoms with Crippen molar-refractivity contribution in [3.8, 4) is 78.9 Å². The molecule has 0 bridgehead atoms. The van der Waals surface area contributed by atoms with Crippen LogP contribution in [0.1, 0.15) is 0 Å². The summed E-state index contributed by atoms with van der Waals surface area (Å²) in [6.45, 7) is 0. The van der Waals surface area contributed by atoms with Crippen molar-refractivity contribution in [2.24, 2.45) is 0 Å². The average Bonchev–Trinajstić information content (AvgIpc) is 3.38. The third-order valence-corrected chi connectivity index (χ3v) is 11.9. The lowest BCUT2D eigenvalue weighted by molar-refractivity contribution is 1.07. The lowest BCUT2D eigenvalue weighted by Crippen LogP contribution is -2.00. The zero-order valence-electron chi connectivity index (χ0n) is 34.5. The summed E-state index contributed by atoms with van der Waals surface area (Å²) in [6.07, 6.45) is 1.84. The Morgan fingerprint density at radius 3 is 1.62 bits per heavy atom. The fourth-order valence-corrected chi connectivity index (χ4v) is 8.69. The number of para-hydroxylation sites is 1. The molecular formula is C58H36N6. The highest BCUT2D eigenvalue weighted by Gasteiger charge is 2.17. The molecule has 0 radical (unpaired) electrons. The first-order chi connectivity index (χ1) is 31.7. The molecule has 12 rings (SSSR count). The molecule has 0 atom stereocenters. The van der Waals surface area contributed by atoms with Gasteiger partial charge in [0.15, 0.2) is 17.5 Å². The lowest BCUT2D eigenvalue weighted by Gasteiger charge is -2.13. The van der Waals surface area contributed by atoms with Crippen LogP contribution in [0.25, 0.3) is 122 Å². The number of rotatable bonds is 7. The van der Waals surface area contributed by atoms with Crippen LogP contribution >= 0.6 is 0 Å². The van der Waals surface area contributed by atoms with Gasteiger partial charge >= 0.3 is 0 Å². The number of hydrogen-bond donors (Lipinski definition) is 0. The van der Waals surface area contributed by atoms with Crippen LogP contribution in [0, 0.1) is 0 Å². The fourth-order valence-electron chi connectivity index (χ4n) is 8.69. The Kier molecular flexibility index (Phi) is 9.05. The Hall–Kier alpha value is -8.74. The summed E-state index contributed by atoms with van der Waals surface area (Å²) in [5.41, 5.74) is 13.5. The van der Waals surface area contributed by atoms with E-state index in [0.29, 0.717) is 17.5 Å². The molecule has 298 valence electrons. The molecule has 0 fully saturated rings. The van der Waals surface area contributed by atoms with Gasteiger partial charge in [0.1, 0.15) is 0 Å². The molecule has 0 amide bonds. The van der Waals surface area contributed by atoms with E-state index >= 15 is 0 Å². The molecule has 12 aromatic rings. The van der Waals surface area contributed by atoms with Crippen LogP contribution < -0.4 is 0 Å². The maximum Gasteiger partial charge on any atom is 0.164 e. The van der Waals surface area contributed by atoms with Crippen molar-refractivity contribution in [2.75, 3.05) is 0 Å². The minimum atomic E-state index is 0.584. The molecule has 0 N–H and O–H groups in total. The first-order valence-electron chi connectivity index (χ1n) is 21.3. The Morgan fingerprint density at radius 2 is 0.812 bits per heavy atom. The molecule has 64 heavy (non-hydrogen) atoms. The van der Waals surface area contributed by atoms with Gasteiger partial charge in [0, 0.05) is 55.7 Å². The fraction of sp³-hybridized carbons (Fsp3) is 0. The number of nitrogens with zero attached hydrogens (tertiary/aromatic N) is 6. The summed E-state index contributed by atoms with van der Waals surface area (Å²) in [5.74, 6) is 1.78. The van der Waals surface area contributed by atoms with Crippen molar-refractivity contribution in [3.63, 3.8) is 0 Å². The lowest BCUT2D eigenvalue weighted by atomic mass is 9.96. The molecule has 0 spiro atoms. The van der Waals surface area contributed by atoms with Gasteiger partial charge in [0.2, 0.25) is 0 Å². The third-order valence-electron chi connectivity index (χ3n) is 11.9. The molecule has 0 aliphatic carbocycles. The van der Waals surface area contributed by atoms with E-state index in [1.54, 1.807) is 0 Å². The molecule has 8 aromatic carbocycles. The SMILES string of the molecule is c1ccc(-c2nc(-c3ccc(-c4cc(-c5ccccc5)c5ccc6ccc(-c7ccc8ccccc8c7)nc6c5n4)cc3)nc(-c3cccc(-c4cccc5cccnc45)c3)n2)cc1. The van der Waals surface area contributed by atoms with Crippen molar-refractivity contribution in [2.45, 2.75) is 0 Å². The summed E-state index contributed by atoms with van der Waals surface area (Å²) in [5, 5.41) is 5.57. The normalized spacial score (nSPS) is 11.4. The molecule has 6 nitrogen and oxygen atoms in total. The first kappa shape index (κ1) is 37.1. The third kappa shape index (κ3) is 6.80.